The highest BCUT2D eigenvalue weighted by atomic mass is 32.2. The fourth-order valence-electron chi connectivity index (χ4n) is 1.73. The third-order valence-corrected chi connectivity index (χ3v) is 4.22. The molecule has 0 bridgehead atoms. The van der Waals surface area contributed by atoms with Crippen LogP contribution in [0.5, 0.6) is 0 Å². The highest BCUT2D eigenvalue weighted by molar-refractivity contribution is 7.89. The number of sulfonamides is 1. The molecule has 102 valence electrons. The zero-order valence-electron chi connectivity index (χ0n) is 10.8. The lowest BCUT2D eigenvalue weighted by Gasteiger charge is -2.32. The summed E-state index contributed by atoms with van der Waals surface area (Å²) in [4.78, 5) is 4.84. The van der Waals surface area contributed by atoms with Crippen LogP contribution in [-0.4, -0.2) is 70.9 Å². The van der Waals surface area contributed by atoms with Crippen molar-refractivity contribution in [2.45, 2.75) is 12.8 Å². The van der Waals surface area contributed by atoms with E-state index < -0.39 is 10.0 Å². The number of hydrogen-bond donors (Lipinski definition) is 2. The van der Waals surface area contributed by atoms with Crippen LogP contribution in [-0.2, 0) is 10.0 Å². The van der Waals surface area contributed by atoms with E-state index in [1.54, 1.807) is 5.01 Å². The second kappa shape index (κ2) is 7.27. The molecule has 1 aliphatic heterocycles. The molecular formula is C10H24N4O2S. The number of hydrogen-bond acceptors (Lipinski definition) is 5. The van der Waals surface area contributed by atoms with Crippen molar-refractivity contribution in [2.24, 2.45) is 0 Å². The van der Waals surface area contributed by atoms with Crippen molar-refractivity contribution in [3.63, 3.8) is 0 Å². The van der Waals surface area contributed by atoms with Crippen molar-refractivity contribution in [3.05, 3.63) is 0 Å². The van der Waals surface area contributed by atoms with Crippen LogP contribution in [0.25, 0.3) is 0 Å². The molecule has 0 radical (unpaired) electrons. The molecule has 0 aromatic heterocycles. The molecular weight excluding hydrogens is 240 g/mol. The van der Waals surface area contributed by atoms with E-state index in [9.17, 15) is 8.42 Å². The maximum Gasteiger partial charge on any atom is 0.224 e. The van der Waals surface area contributed by atoms with Gasteiger partial charge in [-0.1, -0.05) is 0 Å². The molecule has 17 heavy (non-hydrogen) atoms. The molecule has 0 atom stereocenters. The summed E-state index contributed by atoms with van der Waals surface area (Å²) in [5.74, 6) is 0.209. The molecule has 1 rings (SSSR count). The zero-order valence-corrected chi connectivity index (χ0v) is 11.6. The number of rotatable bonds is 7. The Morgan fingerprint density at radius 1 is 1.12 bits per heavy atom. The van der Waals surface area contributed by atoms with Crippen molar-refractivity contribution < 1.29 is 8.42 Å². The van der Waals surface area contributed by atoms with Gasteiger partial charge in [-0.15, -0.1) is 4.83 Å². The molecule has 0 amide bonds. The second-order valence-corrected chi connectivity index (χ2v) is 6.33. The molecule has 1 saturated heterocycles. The molecule has 0 aliphatic carbocycles. The topological polar surface area (TPSA) is 64.7 Å². The maximum atomic E-state index is 11.8. The molecule has 7 heteroatoms. The first kappa shape index (κ1) is 14.8. The van der Waals surface area contributed by atoms with Crippen molar-refractivity contribution in [2.75, 3.05) is 52.6 Å². The van der Waals surface area contributed by atoms with Crippen LogP contribution in [0.3, 0.4) is 0 Å². The Hall–Kier alpha value is -0.210. The minimum atomic E-state index is -3.15. The van der Waals surface area contributed by atoms with Crippen LogP contribution >= 0.6 is 0 Å². The van der Waals surface area contributed by atoms with Gasteiger partial charge in [0.25, 0.3) is 0 Å². The van der Waals surface area contributed by atoms with Gasteiger partial charge in [-0.2, -0.15) is 0 Å². The lowest BCUT2D eigenvalue weighted by Crippen LogP contribution is -2.52. The third kappa shape index (κ3) is 6.32. The van der Waals surface area contributed by atoms with Gasteiger partial charge in [0.2, 0.25) is 10.0 Å². The molecule has 2 N–H and O–H groups in total. The Balaban J connectivity index is 2.24. The van der Waals surface area contributed by atoms with E-state index in [2.05, 4.69) is 15.0 Å². The van der Waals surface area contributed by atoms with Crippen molar-refractivity contribution in [3.8, 4) is 0 Å². The molecule has 0 aromatic rings. The quantitative estimate of drug-likeness (QED) is 0.582. The first-order chi connectivity index (χ1) is 8.03. The van der Waals surface area contributed by atoms with Crippen LogP contribution in [0, 0.1) is 0 Å². The molecule has 6 nitrogen and oxygen atoms in total. The van der Waals surface area contributed by atoms with Crippen LogP contribution in [0.4, 0.5) is 0 Å². The maximum absolute atomic E-state index is 11.8. The Labute approximate surface area is 104 Å². The molecule has 0 spiro atoms. The minimum Gasteiger partial charge on any atom is -0.320 e. The van der Waals surface area contributed by atoms with E-state index in [0.29, 0.717) is 6.42 Å². The van der Waals surface area contributed by atoms with E-state index in [0.717, 1.165) is 39.1 Å². The third-order valence-electron chi connectivity index (χ3n) is 2.86. The summed E-state index contributed by atoms with van der Waals surface area (Å²) in [5.41, 5.74) is 0. The SMILES string of the molecule is CNCCCCS(=O)(=O)NN1CCN(C)CC1. The van der Waals surface area contributed by atoms with E-state index in [1.165, 1.54) is 0 Å². The lowest BCUT2D eigenvalue weighted by molar-refractivity contribution is 0.135. The molecule has 1 aliphatic rings. The Bertz CT molecular complexity index is 299. The van der Waals surface area contributed by atoms with E-state index in [-0.39, 0.29) is 5.75 Å². The smallest absolute Gasteiger partial charge is 0.224 e. The van der Waals surface area contributed by atoms with E-state index >= 15 is 0 Å². The average molecular weight is 264 g/mol. The lowest BCUT2D eigenvalue weighted by atomic mass is 10.3. The summed E-state index contributed by atoms with van der Waals surface area (Å²) in [5, 5.41) is 4.81. The van der Waals surface area contributed by atoms with Crippen LogP contribution in [0.15, 0.2) is 0 Å². The minimum absolute atomic E-state index is 0.209. The number of likely N-dealkylation sites (N-methyl/N-ethyl adjacent to an activating group) is 1. The van der Waals surface area contributed by atoms with Crippen LogP contribution in [0.2, 0.25) is 0 Å². The predicted octanol–water partition coefficient (Wildman–Crippen LogP) is -0.932. The van der Waals surface area contributed by atoms with Gasteiger partial charge in [0.1, 0.15) is 0 Å². The highest BCUT2D eigenvalue weighted by Crippen LogP contribution is 1.99. The molecule has 0 saturated carbocycles. The fraction of sp³-hybridized carbons (Fsp3) is 1.00. The normalized spacial score (nSPS) is 19.6. The molecule has 1 heterocycles. The van der Waals surface area contributed by atoms with Gasteiger partial charge in [0.15, 0.2) is 0 Å². The van der Waals surface area contributed by atoms with Gasteiger partial charge in [0.05, 0.1) is 5.75 Å². The van der Waals surface area contributed by atoms with Gasteiger partial charge < -0.3 is 10.2 Å². The summed E-state index contributed by atoms with van der Waals surface area (Å²) >= 11 is 0. The van der Waals surface area contributed by atoms with Gasteiger partial charge in [-0.3, -0.25) is 0 Å². The summed E-state index contributed by atoms with van der Waals surface area (Å²) < 4.78 is 23.5. The van der Waals surface area contributed by atoms with E-state index in [1.807, 2.05) is 14.1 Å². The van der Waals surface area contributed by atoms with Crippen LogP contribution in [0.1, 0.15) is 12.8 Å². The molecule has 0 aromatic carbocycles. The number of nitrogens with zero attached hydrogens (tertiary/aromatic N) is 2. The average Bonchev–Trinajstić information content (AvgIpc) is 2.27. The standard InChI is InChI=1S/C10H24N4O2S/c1-11-5-3-4-10-17(15,16)12-14-8-6-13(2)7-9-14/h11-12H,3-10H2,1-2H3. The Morgan fingerprint density at radius 3 is 2.35 bits per heavy atom. The van der Waals surface area contributed by atoms with Crippen molar-refractivity contribution in [1.29, 1.82) is 0 Å². The summed E-state index contributed by atoms with van der Waals surface area (Å²) in [6.07, 6.45) is 1.59. The van der Waals surface area contributed by atoms with Crippen molar-refractivity contribution >= 4 is 10.0 Å². The van der Waals surface area contributed by atoms with Gasteiger partial charge in [-0.25, -0.2) is 13.4 Å². The van der Waals surface area contributed by atoms with E-state index in [4.69, 9.17) is 0 Å². The number of nitrogens with one attached hydrogen (secondary N) is 2. The van der Waals surface area contributed by atoms with Gasteiger partial charge >= 0.3 is 0 Å². The molecule has 0 unspecified atom stereocenters. The Kier molecular flexibility index (Phi) is 6.35. The first-order valence-corrected chi connectivity index (χ1v) is 7.77. The van der Waals surface area contributed by atoms with Gasteiger partial charge in [0, 0.05) is 26.2 Å². The largest absolute Gasteiger partial charge is 0.320 e. The zero-order chi connectivity index (χ0) is 12.7. The summed E-state index contributed by atoms with van der Waals surface area (Å²) in [6, 6.07) is 0. The monoisotopic (exact) mass is 264 g/mol. The predicted molar refractivity (Wildman–Crippen MR) is 69.2 cm³/mol. The van der Waals surface area contributed by atoms with Crippen LogP contribution < -0.4 is 10.1 Å². The Morgan fingerprint density at radius 2 is 1.76 bits per heavy atom. The van der Waals surface area contributed by atoms with Gasteiger partial charge in [-0.05, 0) is 33.5 Å². The summed E-state index contributed by atoms with van der Waals surface area (Å²) in [7, 11) is 0.768. The molecule has 1 fully saturated rings. The second-order valence-electron chi connectivity index (χ2n) is 4.51. The number of piperazine rings is 1. The van der Waals surface area contributed by atoms with Crippen molar-refractivity contribution in [1.82, 2.24) is 20.1 Å². The fourth-order valence-corrected chi connectivity index (χ4v) is 2.99. The first-order valence-electron chi connectivity index (χ1n) is 6.12. The highest BCUT2D eigenvalue weighted by Gasteiger charge is 2.19. The number of hydrazine groups is 1. The summed E-state index contributed by atoms with van der Waals surface area (Å²) in [6.45, 7) is 4.19. The number of unbranched alkanes of at least 4 members (excludes halogenated alkanes) is 1.